The summed E-state index contributed by atoms with van der Waals surface area (Å²) < 4.78 is 10.5. The molecule has 1 aliphatic rings. The topological polar surface area (TPSA) is 30.5 Å². The monoisotopic (exact) mass is 187 g/mol. The molecule has 1 heterocycles. The zero-order chi connectivity index (χ0) is 9.73. The van der Waals surface area contributed by atoms with Gasteiger partial charge in [-0.2, -0.15) is 0 Å². The molecule has 1 aliphatic heterocycles. The molecule has 1 fully saturated rings. The summed E-state index contributed by atoms with van der Waals surface area (Å²) in [6.45, 7) is 6.82. The van der Waals surface area contributed by atoms with Crippen molar-refractivity contribution in [2.24, 2.45) is 0 Å². The SMILES string of the molecule is COCC(C)(C)NC1CCCOC1. The third-order valence-electron chi connectivity index (χ3n) is 2.26. The van der Waals surface area contributed by atoms with Gasteiger partial charge in [-0.15, -0.1) is 0 Å². The minimum Gasteiger partial charge on any atom is -0.383 e. The van der Waals surface area contributed by atoms with E-state index in [-0.39, 0.29) is 5.54 Å². The molecule has 0 aliphatic carbocycles. The predicted molar refractivity (Wildman–Crippen MR) is 52.9 cm³/mol. The molecule has 1 saturated heterocycles. The lowest BCUT2D eigenvalue weighted by atomic mass is 10.0. The Hall–Kier alpha value is -0.120. The van der Waals surface area contributed by atoms with Crippen molar-refractivity contribution in [1.29, 1.82) is 0 Å². The summed E-state index contributed by atoms with van der Waals surface area (Å²) >= 11 is 0. The van der Waals surface area contributed by atoms with Crippen LogP contribution < -0.4 is 5.32 Å². The molecule has 1 atom stereocenters. The summed E-state index contributed by atoms with van der Waals surface area (Å²) in [6.07, 6.45) is 2.38. The average molecular weight is 187 g/mol. The second kappa shape index (κ2) is 4.94. The van der Waals surface area contributed by atoms with E-state index in [1.165, 1.54) is 12.8 Å². The average Bonchev–Trinajstić information content (AvgIpc) is 2.04. The van der Waals surface area contributed by atoms with Crippen LogP contribution in [0.15, 0.2) is 0 Å². The first-order valence-corrected chi connectivity index (χ1v) is 4.98. The number of nitrogens with one attached hydrogen (secondary N) is 1. The van der Waals surface area contributed by atoms with Gasteiger partial charge in [0.15, 0.2) is 0 Å². The van der Waals surface area contributed by atoms with Crippen molar-refractivity contribution >= 4 is 0 Å². The Morgan fingerprint density at radius 2 is 2.31 bits per heavy atom. The molecule has 13 heavy (non-hydrogen) atoms. The summed E-state index contributed by atoms with van der Waals surface area (Å²) in [5.74, 6) is 0. The molecule has 0 aromatic carbocycles. The normalized spacial score (nSPS) is 24.7. The van der Waals surface area contributed by atoms with E-state index < -0.39 is 0 Å². The zero-order valence-corrected chi connectivity index (χ0v) is 8.93. The smallest absolute Gasteiger partial charge is 0.0639 e. The van der Waals surface area contributed by atoms with Crippen LogP contribution in [0.4, 0.5) is 0 Å². The van der Waals surface area contributed by atoms with E-state index in [2.05, 4.69) is 19.2 Å². The van der Waals surface area contributed by atoms with Gasteiger partial charge in [0.05, 0.1) is 13.2 Å². The summed E-state index contributed by atoms with van der Waals surface area (Å²) in [5.41, 5.74) is 0.0557. The van der Waals surface area contributed by atoms with E-state index in [4.69, 9.17) is 9.47 Å². The highest BCUT2D eigenvalue weighted by Gasteiger charge is 2.23. The van der Waals surface area contributed by atoms with Crippen LogP contribution in [0.3, 0.4) is 0 Å². The van der Waals surface area contributed by atoms with Gasteiger partial charge in [0, 0.05) is 25.3 Å². The van der Waals surface area contributed by atoms with Crippen LogP contribution in [0.2, 0.25) is 0 Å². The number of rotatable bonds is 4. The van der Waals surface area contributed by atoms with Crippen LogP contribution >= 0.6 is 0 Å². The molecule has 0 radical (unpaired) electrons. The van der Waals surface area contributed by atoms with Crippen molar-refractivity contribution in [1.82, 2.24) is 5.32 Å². The lowest BCUT2D eigenvalue weighted by Gasteiger charge is -2.33. The minimum atomic E-state index is 0.0557. The maximum absolute atomic E-state index is 5.40. The molecule has 0 aromatic heterocycles. The molecule has 0 amide bonds. The van der Waals surface area contributed by atoms with E-state index in [9.17, 15) is 0 Å². The molecule has 0 aromatic rings. The van der Waals surface area contributed by atoms with Crippen LogP contribution in [-0.4, -0.2) is 38.5 Å². The van der Waals surface area contributed by atoms with E-state index in [1.807, 2.05) is 0 Å². The highest BCUT2D eigenvalue weighted by Crippen LogP contribution is 2.11. The largest absolute Gasteiger partial charge is 0.383 e. The molecular formula is C10H21NO2. The van der Waals surface area contributed by atoms with Crippen molar-refractivity contribution in [3.05, 3.63) is 0 Å². The Morgan fingerprint density at radius 3 is 2.85 bits per heavy atom. The molecule has 3 heteroatoms. The summed E-state index contributed by atoms with van der Waals surface area (Å²) in [5, 5.41) is 3.55. The first-order valence-electron chi connectivity index (χ1n) is 4.98. The van der Waals surface area contributed by atoms with Crippen molar-refractivity contribution in [3.8, 4) is 0 Å². The Morgan fingerprint density at radius 1 is 1.54 bits per heavy atom. The maximum atomic E-state index is 5.40. The van der Waals surface area contributed by atoms with Gasteiger partial charge in [-0.25, -0.2) is 0 Å². The fraction of sp³-hybridized carbons (Fsp3) is 1.00. The quantitative estimate of drug-likeness (QED) is 0.717. The standard InChI is InChI=1S/C10H21NO2/c1-10(2,8-12-3)11-9-5-4-6-13-7-9/h9,11H,4-8H2,1-3H3. The van der Waals surface area contributed by atoms with E-state index in [0.29, 0.717) is 6.04 Å². The molecule has 0 saturated carbocycles. The summed E-state index contributed by atoms with van der Waals surface area (Å²) in [7, 11) is 1.74. The molecule has 0 bridgehead atoms. The third-order valence-corrected chi connectivity index (χ3v) is 2.26. The lowest BCUT2D eigenvalue weighted by molar-refractivity contribution is 0.0465. The number of methoxy groups -OCH3 is 1. The van der Waals surface area contributed by atoms with Crippen LogP contribution in [0.5, 0.6) is 0 Å². The van der Waals surface area contributed by atoms with E-state index in [0.717, 1.165) is 19.8 Å². The van der Waals surface area contributed by atoms with Gasteiger partial charge in [-0.1, -0.05) is 0 Å². The minimum absolute atomic E-state index is 0.0557. The maximum Gasteiger partial charge on any atom is 0.0639 e. The first kappa shape index (κ1) is 11.0. The predicted octanol–water partition coefficient (Wildman–Crippen LogP) is 1.18. The van der Waals surface area contributed by atoms with Crippen molar-refractivity contribution in [2.75, 3.05) is 26.9 Å². The van der Waals surface area contributed by atoms with Gasteiger partial charge < -0.3 is 14.8 Å². The Bertz CT molecular complexity index is 142. The molecule has 78 valence electrons. The van der Waals surface area contributed by atoms with Gasteiger partial charge in [0.25, 0.3) is 0 Å². The van der Waals surface area contributed by atoms with Crippen molar-refractivity contribution < 1.29 is 9.47 Å². The van der Waals surface area contributed by atoms with Crippen LogP contribution in [-0.2, 0) is 9.47 Å². The van der Waals surface area contributed by atoms with Gasteiger partial charge >= 0.3 is 0 Å². The van der Waals surface area contributed by atoms with Gasteiger partial charge in [-0.3, -0.25) is 0 Å². The van der Waals surface area contributed by atoms with Crippen LogP contribution in [0, 0.1) is 0 Å². The molecular weight excluding hydrogens is 166 g/mol. The fourth-order valence-electron chi connectivity index (χ4n) is 1.81. The lowest BCUT2D eigenvalue weighted by Crippen LogP contribution is -2.51. The Kier molecular flexibility index (Phi) is 4.16. The van der Waals surface area contributed by atoms with Crippen LogP contribution in [0.1, 0.15) is 26.7 Å². The molecule has 3 nitrogen and oxygen atoms in total. The fourth-order valence-corrected chi connectivity index (χ4v) is 1.81. The summed E-state index contributed by atoms with van der Waals surface area (Å²) in [4.78, 5) is 0. The van der Waals surface area contributed by atoms with Gasteiger partial charge in [0.2, 0.25) is 0 Å². The molecule has 1 unspecified atom stereocenters. The zero-order valence-electron chi connectivity index (χ0n) is 8.93. The first-order chi connectivity index (χ1) is 6.14. The van der Waals surface area contributed by atoms with Crippen molar-refractivity contribution in [2.45, 2.75) is 38.3 Å². The molecule has 1 rings (SSSR count). The van der Waals surface area contributed by atoms with Crippen molar-refractivity contribution in [3.63, 3.8) is 0 Å². The highest BCUT2D eigenvalue weighted by molar-refractivity contribution is 4.83. The number of ether oxygens (including phenoxy) is 2. The van der Waals surface area contributed by atoms with E-state index >= 15 is 0 Å². The van der Waals surface area contributed by atoms with Gasteiger partial charge in [-0.05, 0) is 26.7 Å². The van der Waals surface area contributed by atoms with Crippen LogP contribution in [0.25, 0.3) is 0 Å². The van der Waals surface area contributed by atoms with E-state index in [1.54, 1.807) is 7.11 Å². The van der Waals surface area contributed by atoms with Gasteiger partial charge in [0.1, 0.15) is 0 Å². The Balaban J connectivity index is 2.28. The molecule has 1 N–H and O–H groups in total. The molecule has 0 spiro atoms. The summed E-state index contributed by atoms with van der Waals surface area (Å²) in [6, 6.07) is 0.499. The second-order valence-corrected chi connectivity index (χ2v) is 4.38. The number of hydrogen-bond acceptors (Lipinski definition) is 3. The third kappa shape index (κ3) is 4.07. The second-order valence-electron chi connectivity index (χ2n) is 4.38. The number of hydrogen-bond donors (Lipinski definition) is 1. The Labute approximate surface area is 80.8 Å². The highest BCUT2D eigenvalue weighted by atomic mass is 16.5.